The quantitative estimate of drug-likeness (QED) is 0.786. The summed E-state index contributed by atoms with van der Waals surface area (Å²) in [5, 5.41) is 4.42. The van der Waals surface area contributed by atoms with Crippen LogP contribution in [0.3, 0.4) is 0 Å². The molecule has 0 amide bonds. The summed E-state index contributed by atoms with van der Waals surface area (Å²) in [5.41, 5.74) is 0. The van der Waals surface area contributed by atoms with Crippen molar-refractivity contribution in [3.05, 3.63) is 0 Å². The van der Waals surface area contributed by atoms with E-state index in [2.05, 4.69) is 32.3 Å². The van der Waals surface area contributed by atoms with Gasteiger partial charge in [0.1, 0.15) is 0 Å². The van der Waals surface area contributed by atoms with Crippen LogP contribution >= 0.6 is 11.8 Å². The lowest BCUT2D eigenvalue weighted by atomic mass is 10.00. The van der Waals surface area contributed by atoms with E-state index in [0.29, 0.717) is 18.2 Å². The van der Waals surface area contributed by atoms with Gasteiger partial charge < -0.3 is 10.1 Å². The van der Waals surface area contributed by atoms with Crippen LogP contribution in [0.25, 0.3) is 0 Å². The molecule has 2 nitrogen and oxygen atoms in total. The van der Waals surface area contributed by atoms with Crippen LogP contribution in [-0.4, -0.2) is 36.3 Å². The first-order valence-corrected chi connectivity index (χ1v) is 7.32. The zero-order valence-corrected chi connectivity index (χ0v) is 11.3. The van der Waals surface area contributed by atoms with Gasteiger partial charge in [0, 0.05) is 11.3 Å². The van der Waals surface area contributed by atoms with Gasteiger partial charge in [-0.05, 0) is 45.9 Å². The lowest BCUT2D eigenvalue weighted by Crippen LogP contribution is -2.41. The molecule has 3 unspecified atom stereocenters. The highest BCUT2D eigenvalue weighted by Crippen LogP contribution is 2.19. The highest BCUT2D eigenvalue weighted by Gasteiger charge is 2.23. The Balaban J connectivity index is 2.15. The van der Waals surface area contributed by atoms with Crippen LogP contribution in [0.15, 0.2) is 0 Å². The van der Waals surface area contributed by atoms with Gasteiger partial charge in [0.05, 0.1) is 12.2 Å². The normalized spacial score (nSPS) is 34.0. The van der Waals surface area contributed by atoms with Crippen molar-refractivity contribution in [3.8, 4) is 0 Å². The second-order valence-corrected chi connectivity index (χ2v) is 5.99. The zero-order valence-electron chi connectivity index (χ0n) is 10.5. The van der Waals surface area contributed by atoms with Crippen LogP contribution in [0.2, 0.25) is 0 Å². The Kier molecular flexibility index (Phi) is 6.02. The molecule has 1 aliphatic rings. The summed E-state index contributed by atoms with van der Waals surface area (Å²) in [6.45, 7) is 7.79. The number of hydrogen-bond acceptors (Lipinski definition) is 3. The molecule has 1 aliphatic heterocycles. The zero-order chi connectivity index (χ0) is 11.3. The first-order valence-electron chi connectivity index (χ1n) is 6.03. The van der Waals surface area contributed by atoms with Crippen molar-refractivity contribution in [2.75, 3.05) is 12.8 Å². The standard InChI is InChI=1S/C12H25NOS/c1-9-7-12(8-10(2)14-9)13-6-5-11(3)15-4/h9-13H,5-8H2,1-4H3. The van der Waals surface area contributed by atoms with Crippen LogP contribution < -0.4 is 5.32 Å². The van der Waals surface area contributed by atoms with E-state index >= 15 is 0 Å². The SMILES string of the molecule is CSC(C)CCNC1CC(C)OC(C)C1. The Morgan fingerprint density at radius 3 is 2.47 bits per heavy atom. The molecule has 0 aliphatic carbocycles. The molecule has 90 valence electrons. The minimum Gasteiger partial charge on any atom is -0.375 e. The summed E-state index contributed by atoms with van der Waals surface area (Å²) in [4.78, 5) is 0. The fraction of sp³-hybridized carbons (Fsp3) is 1.00. The molecule has 0 aromatic heterocycles. The molecule has 3 atom stereocenters. The van der Waals surface area contributed by atoms with E-state index in [0.717, 1.165) is 24.6 Å². The van der Waals surface area contributed by atoms with Gasteiger partial charge >= 0.3 is 0 Å². The number of thioether (sulfide) groups is 1. The summed E-state index contributed by atoms with van der Waals surface area (Å²) >= 11 is 1.95. The van der Waals surface area contributed by atoms with Gasteiger partial charge in [-0.3, -0.25) is 0 Å². The molecule has 3 heteroatoms. The van der Waals surface area contributed by atoms with Gasteiger partial charge in [-0.2, -0.15) is 11.8 Å². The van der Waals surface area contributed by atoms with E-state index in [4.69, 9.17) is 4.74 Å². The molecule has 0 radical (unpaired) electrons. The van der Waals surface area contributed by atoms with Crippen molar-refractivity contribution in [2.24, 2.45) is 0 Å². The Hall–Kier alpha value is 0.270. The largest absolute Gasteiger partial charge is 0.375 e. The van der Waals surface area contributed by atoms with Gasteiger partial charge in [0.25, 0.3) is 0 Å². The van der Waals surface area contributed by atoms with E-state index in [1.165, 1.54) is 6.42 Å². The van der Waals surface area contributed by atoms with E-state index < -0.39 is 0 Å². The first kappa shape index (κ1) is 13.3. The van der Waals surface area contributed by atoms with Crippen LogP contribution in [0.4, 0.5) is 0 Å². The monoisotopic (exact) mass is 231 g/mol. The molecule has 1 heterocycles. The second-order valence-electron chi connectivity index (χ2n) is 4.71. The van der Waals surface area contributed by atoms with E-state index in [1.807, 2.05) is 11.8 Å². The Labute approximate surface area is 98.5 Å². The maximum Gasteiger partial charge on any atom is 0.0565 e. The fourth-order valence-electron chi connectivity index (χ4n) is 2.18. The number of rotatable bonds is 5. The summed E-state index contributed by atoms with van der Waals surface area (Å²) in [6, 6.07) is 0.665. The smallest absolute Gasteiger partial charge is 0.0565 e. The third kappa shape index (κ3) is 5.23. The molecule has 1 fully saturated rings. The highest BCUT2D eigenvalue weighted by molar-refractivity contribution is 7.99. The van der Waals surface area contributed by atoms with Crippen LogP contribution in [0.5, 0.6) is 0 Å². The fourth-order valence-corrected chi connectivity index (χ4v) is 2.53. The molecule has 0 aromatic rings. The lowest BCUT2D eigenvalue weighted by Gasteiger charge is -2.32. The predicted octanol–water partition coefficient (Wildman–Crippen LogP) is 2.67. The molecule has 0 spiro atoms. The van der Waals surface area contributed by atoms with E-state index in [1.54, 1.807) is 0 Å². The molecule has 0 saturated carbocycles. The minimum absolute atomic E-state index is 0.421. The average molecular weight is 231 g/mol. The summed E-state index contributed by atoms with van der Waals surface area (Å²) in [5.74, 6) is 0. The van der Waals surface area contributed by atoms with Crippen molar-refractivity contribution in [1.29, 1.82) is 0 Å². The molecular formula is C12H25NOS. The van der Waals surface area contributed by atoms with Crippen molar-refractivity contribution in [1.82, 2.24) is 5.32 Å². The number of nitrogens with one attached hydrogen (secondary N) is 1. The average Bonchev–Trinajstić information content (AvgIpc) is 2.16. The van der Waals surface area contributed by atoms with Gasteiger partial charge in [-0.15, -0.1) is 0 Å². The molecule has 0 aromatic carbocycles. The maximum absolute atomic E-state index is 5.72. The molecule has 1 N–H and O–H groups in total. The molecule has 15 heavy (non-hydrogen) atoms. The van der Waals surface area contributed by atoms with Crippen LogP contribution in [0, 0.1) is 0 Å². The van der Waals surface area contributed by atoms with Crippen molar-refractivity contribution in [2.45, 2.75) is 63.5 Å². The van der Waals surface area contributed by atoms with Crippen LogP contribution in [-0.2, 0) is 4.74 Å². The Morgan fingerprint density at radius 1 is 1.33 bits per heavy atom. The summed E-state index contributed by atoms with van der Waals surface area (Å²) in [7, 11) is 0. The first-order chi connectivity index (χ1) is 7.11. The predicted molar refractivity (Wildman–Crippen MR) is 68.6 cm³/mol. The topological polar surface area (TPSA) is 21.3 Å². The molecule has 1 rings (SSSR count). The second kappa shape index (κ2) is 6.77. The van der Waals surface area contributed by atoms with Crippen LogP contribution in [0.1, 0.15) is 40.0 Å². The van der Waals surface area contributed by atoms with Gasteiger partial charge in [0.2, 0.25) is 0 Å². The maximum atomic E-state index is 5.72. The third-order valence-electron chi connectivity index (χ3n) is 3.08. The van der Waals surface area contributed by atoms with Crippen molar-refractivity contribution in [3.63, 3.8) is 0 Å². The van der Waals surface area contributed by atoms with E-state index in [-0.39, 0.29) is 0 Å². The van der Waals surface area contributed by atoms with Gasteiger partial charge in [-0.25, -0.2) is 0 Å². The van der Waals surface area contributed by atoms with Crippen molar-refractivity contribution < 1.29 is 4.74 Å². The molecular weight excluding hydrogens is 206 g/mol. The number of hydrogen-bond donors (Lipinski definition) is 1. The Morgan fingerprint density at radius 2 is 1.93 bits per heavy atom. The lowest BCUT2D eigenvalue weighted by molar-refractivity contribution is -0.0419. The van der Waals surface area contributed by atoms with Crippen molar-refractivity contribution >= 4 is 11.8 Å². The summed E-state index contributed by atoms with van der Waals surface area (Å²) < 4.78 is 5.72. The Bertz CT molecular complexity index is 167. The van der Waals surface area contributed by atoms with E-state index in [9.17, 15) is 0 Å². The minimum atomic E-state index is 0.421. The van der Waals surface area contributed by atoms with Gasteiger partial charge in [-0.1, -0.05) is 6.92 Å². The van der Waals surface area contributed by atoms with Gasteiger partial charge in [0.15, 0.2) is 0 Å². The summed E-state index contributed by atoms with van der Waals surface area (Å²) in [6.07, 6.45) is 6.62. The highest BCUT2D eigenvalue weighted by atomic mass is 32.2. The molecule has 1 saturated heterocycles. The number of ether oxygens (including phenoxy) is 1. The molecule has 0 bridgehead atoms. The third-order valence-corrected chi connectivity index (χ3v) is 4.12.